The molecule has 0 spiro atoms. The van der Waals surface area contributed by atoms with Crippen LogP contribution in [0.4, 0.5) is 5.69 Å². The van der Waals surface area contributed by atoms with Gasteiger partial charge in [0.25, 0.3) is 0 Å². The van der Waals surface area contributed by atoms with E-state index in [0.717, 1.165) is 33.6 Å². The summed E-state index contributed by atoms with van der Waals surface area (Å²) in [6.07, 6.45) is 6.75. The van der Waals surface area contributed by atoms with Crippen LogP contribution in [0.5, 0.6) is 5.75 Å². The van der Waals surface area contributed by atoms with E-state index in [9.17, 15) is 5.11 Å². The fourth-order valence-electron chi connectivity index (χ4n) is 4.41. The van der Waals surface area contributed by atoms with Crippen molar-refractivity contribution in [2.45, 2.75) is 31.7 Å². The number of nitrogens with zero attached hydrogens (tertiary/aromatic N) is 2. The molecule has 0 amide bonds. The van der Waals surface area contributed by atoms with Gasteiger partial charge in [0.1, 0.15) is 0 Å². The Morgan fingerprint density at radius 1 is 1.00 bits per heavy atom. The lowest BCUT2D eigenvalue weighted by Crippen LogP contribution is -2.30. The van der Waals surface area contributed by atoms with E-state index in [2.05, 4.69) is 41.4 Å². The lowest BCUT2D eigenvalue weighted by atomic mass is 9.85. The van der Waals surface area contributed by atoms with E-state index in [4.69, 9.17) is 23.2 Å². The molecule has 1 saturated carbocycles. The molecular weight excluding hydrogens is 417 g/mol. The van der Waals surface area contributed by atoms with Gasteiger partial charge in [-0.3, -0.25) is 4.98 Å². The Labute approximate surface area is 187 Å². The van der Waals surface area contributed by atoms with Gasteiger partial charge in [-0.15, -0.1) is 0 Å². The predicted molar refractivity (Wildman–Crippen MR) is 127 cm³/mol. The molecule has 0 bridgehead atoms. The summed E-state index contributed by atoms with van der Waals surface area (Å²) in [6.45, 7) is 1.17. The molecule has 1 heterocycles. The number of phenolic OH excluding ortho intramolecular Hbond substituents is 1. The van der Waals surface area contributed by atoms with Crippen molar-refractivity contribution in [2.75, 3.05) is 26.0 Å². The molecule has 1 fully saturated rings. The number of pyridine rings is 1. The topological polar surface area (TPSA) is 48.4 Å². The Morgan fingerprint density at radius 2 is 1.70 bits per heavy atom. The summed E-state index contributed by atoms with van der Waals surface area (Å²) in [5, 5.41) is 15.2. The van der Waals surface area contributed by atoms with Crippen molar-refractivity contribution in [1.29, 1.82) is 0 Å². The van der Waals surface area contributed by atoms with Gasteiger partial charge in [-0.1, -0.05) is 29.3 Å². The largest absolute Gasteiger partial charge is 0.505 e. The minimum absolute atomic E-state index is 0.0863. The molecular formula is C24H27Cl2N3O. The van der Waals surface area contributed by atoms with Crippen molar-refractivity contribution >= 4 is 39.8 Å². The van der Waals surface area contributed by atoms with Crippen LogP contribution in [0.1, 0.15) is 25.7 Å². The number of benzene rings is 2. The van der Waals surface area contributed by atoms with Crippen LogP contribution in [0.15, 0.2) is 42.6 Å². The zero-order chi connectivity index (χ0) is 21.3. The highest BCUT2D eigenvalue weighted by atomic mass is 35.5. The zero-order valence-electron chi connectivity index (χ0n) is 17.3. The Hall–Kier alpha value is -2.01. The Kier molecular flexibility index (Phi) is 6.37. The van der Waals surface area contributed by atoms with Gasteiger partial charge in [0, 0.05) is 29.9 Å². The van der Waals surface area contributed by atoms with Crippen molar-refractivity contribution in [3.05, 3.63) is 52.6 Å². The van der Waals surface area contributed by atoms with Gasteiger partial charge in [0.05, 0.1) is 15.6 Å². The molecule has 6 heteroatoms. The number of aromatic hydroxyl groups is 1. The fourth-order valence-corrected chi connectivity index (χ4v) is 4.90. The molecule has 30 heavy (non-hydrogen) atoms. The Balaban J connectivity index is 1.58. The third kappa shape index (κ3) is 4.66. The summed E-state index contributed by atoms with van der Waals surface area (Å²) < 4.78 is 0. The molecule has 1 aromatic heterocycles. The minimum Gasteiger partial charge on any atom is -0.505 e. The number of phenols is 1. The van der Waals surface area contributed by atoms with Crippen LogP contribution in [0, 0.1) is 5.92 Å². The minimum atomic E-state index is -0.0863. The number of hydrogen-bond acceptors (Lipinski definition) is 4. The summed E-state index contributed by atoms with van der Waals surface area (Å²) >= 11 is 12.3. The zero-order valence-corrected chi connectivity index (χ0v) is 18.8. The molecule has 2 aromatic carbocycles. The number of nitrogens with one attached hydrogen (secondary N) is 1. The third-order valence-electron chi connectivity index (χ3n) is 5.92. The second kappa shape index (κ2) is 9.01. The van der Waals surface area contributed by atoms with Crippen LogP contribution in [0.25, 0.3) is 22.0 Å². The second-order valence-electron chi connectivity index (χ2n) is 8.50. The van der Waals surface area contributed by atoms with Crippen molar-refractivity contribution in [3.8, 4) is 16.9 Å². The number of aromatic nitrogens is 1. The highest BCUT2D eigenvalue weighted by Crippen LogP contribution is 2.38. The van der Waals surface area contributed by atoms with E-state index in [-0.39, 0.29) is 15.8 Å². The lowest BCUT2D eigenvalue weighted by molar-refractivity contribution is 0.255. The summed E-state index contributed by atoms with van der Waals surface area (Å²) in [7, 11) is 4.30. The number of hydrogen-bond donors (Lipinski definition) is 2. The van der Waals surface area contributed by atoms with E-state index < -0.39 is 0 Å². The summed E-state index contributed by atoms with van der Waals surface area (Å²) in [5.41, 5.74) is 3.90. The third-order valence-corrected chi connectivity index (χ3v) is 6.50. The Bertz CT molecular complexity index is 1020. The first kappa shape index (κ1) is 21.2. The molecule has 158 valence electrons. The monoisotopic (exact) mass is 443 g/mol. The van der Waals surface area contributed by atoms with Crippen LogP contribution in [-0.4, -0.2) is 41.7 Å². The molecule has 0 unspecified atom stereocenters. The van der Waals surface area contributed by atoms with Gasteiger partial charge in [0.15, 0.2) is 5.75 Å². The first-order valence-electron chi connectivity index (χ1n) is 10.4. The quantitative estimate of drug-likeness (QED) is 0.475. The Morgan fingerprint density at radius 3 is 2.37 bits per heavy atom. The van der Waals surface area contributed by atoms with Gasteiger partial charge in [-0.2, -0.15) is 0 Å². The fraction of sp³-hybridized carbons (Fsp3) is 0.375. The van der Waals surface area contributed by atoms with E-state index in [1.807, 2.05) is 18.3 Å². The summed E-state index contributed by atoms with van der Waals surface area (Å²) in [5.74, 6) is 0.708. The van der Waals surface area contributed by atoms with Gasteiger partial charge in [0.2, 0.25) is 0 Å². The predicted octanol–water partition coefficient (Wildman–Crippen LogP) is 6.45. The van der Waals surface area contributed by atoms with Crippen LogP contribution in [-0.2, 0) is 0 Å². The first-order valence-corrected chi connectivity index (χ1v) is 11.1. The number of halogens is 2. The molecule has 2 N–H and O–H groups in total. The molecule has 3 aromatic rings. The van der Waals surface area contributed by atoms with Crippen LogP contribution >= 0.6 is 23.2 Å². The van der Waals surface area contributed by atoms with Crippen molar-refractivity contribution in [3.63, 3.8) is 0 Å². The molecule has 1 aliphatic carbocycles. The maximum atomic E-state index is 9.86. The standard InChI is InChI=1S/C24H27Cl2N3O/c1-29(2)14-15-3-6-18(7-4-15)28-23-9-10-27-22-8-5-16(11-19(22)23)17-12-20(25)24(30)21(26)13-17/h5,8-13,15,18,30H,3-4,6-7,14H2,1-2H3,(H,27,28). The van der Waals surface area contributed by atoms with Crippen molar-refractivity contribution in [2.24, 2.45) is 5.92 Å². The SMILES string of the molecule is CN(C)CC1CCC(Nc2ccnc3ccc(-c4cc(Cl)c(O)c(Cl)c4)cc23)CC1. The van der Waals surface area contributed by atoms with E-state index >= 15 is 0 Å². The molecule has 4 nitrogen and oxygen atoms in total. The van der Waals surface area contributed by atoms with Crippen molar-refractivity contribution < 1.29 is 5.11 Å². The molecule has 0 atom stereocenters. The highest BCUT2D eigenvalue weighted by molar-refractivity contribution is 6.37. The van der Waals surface area contributed by atoms with E-state index in [1.165, 1.54) is 32.2 Å². The van der Waals surface area contributed by atoms with Crippen LogP contribution in [0.3, 0.4) is 0 Å². The van der Waals surface area contributed by atoms with Crippen LogP contribution in [0.2, 0.25) is 10.0 Å². The molecule has 4 rings (SSSR count). The average Bonchev–Trinajstić information content (AvgIpc) is 2.72. The number of anilines is 1. The van der Waals surface area contributed by atoms with Gasteiger partial charge >= 0.3 is 0 Å². The second-order valence-corrected chi connectivity index (χ2v) is 9.32. The van der Waals surface area contributed by atoms with E-state index in [0.29, 0.717) is 6.04 Å². The molecule has 1 aliphatic rings. The first-order chi connectivity index (χ1) is 14.4. The molecule has 0 radical (unpaired) electrons. The molecule has 0 saturated heterocycles. The van der Waals surface area contributed by atoms with Gasteiger partial charge in [-0.05, 0) is 87.2 Å². The van der Waals surface area contributed by atoms with E-state index in [1.54, 1.807) is 12.1 Å². The highest BCUT2D eigenvalue weighted by Gasteiger charge is 2.22. The van der Waals surface area contributed by atoms with Crippen LogP contribution < -0.4 is 5.32 Å². The van der Waals surface area contributed by atoms with Gasteiger partial charge < -0.3 is 15.3 Å². The smallest absolute Gasteiger partial charge is 0.152 e. The average molecular weight is 444 g/mol. The number of rotatable bonds is 5. The number of fused-ring (bicyclic) bond motifs is 1. The molecule has 0 aliphatic heterocycles. The normalized spacial score (nSPS) is 19.4. The summed E-state index contributed by atoms with van der Waals surface area (Å²) in [6, 6.07) is 12.1. The summed E-state index contributed by atoms with van der Waals surface area (Å²) in [4.78, 5) is 6.82. The maximum Gasteiger partial charge on any atom is 0.152 e. The van der Waals surface area contributed by atoms with Gasteiger partial charge in [-0.25, -0.2) is 0 Å². The maximum absolute atomic E-state index is 9.86. The lowest BCUT2D eigenvalue weighted by Gasteiger charge is -2.31. The van der Waals surface area contributed by atoms with Crippen molar-refractivity contribution in [1.82, 2.24) is 9.88 Å².